The van der Waals surface area contributed by atoms with Crippen LogP contribution in [-0.2, 0) is 16.4 Å². The maximum Gasteiger partial charge on any atom is 0.208 e. The van der Waals surface area contributed by atoms with E-state index in [0.717, 1.165) is 41.1 Å². The van der Waals surface area contributed by atoms with Crippen LogP contribution in [0.1, 0.15) is 12.0 Å². The van der Waals surface area contributed by atoms with Crippen molar-refractivity contribution >= 4 is 15.8 Å². The van der Waals surface area contributed by atoms with Gasteiger partial charge in [0.15, 0.2) is 0 Å². The van der Waals surface area contributed by atoms with Gasteiger partial charge in [-0.05, 0) is 42.7 Å². The molecule has 7 nitrogen and oxygen atoms in total. The number of aromatic nitrogens is 2. The third kappa shape index (κ3) is 5.11. The summed E-state index contributed by atoms with van der Waals surface area (Å²) in [6.45, 7) is 0.432. The van der Waals surface area contributed by atoms with Gasteiger partial charge < -0.3 is 10.5 Å². The summed E-state index contributed by atoms with van der Waals surface area (Å²) < 4.78 is 31.7. The van der Waals surface area contributed by atoms with E-state index in [1.54, 1.807) is 11.8 Å². The fourth-order valence-electron chi connectivity index (χ4n) is 2.92. The first-order valence-corrected chi connectivity index (χ1v) is 10.8. The predicted molar refractivity (Wildman–Crippen MR) is 111 cm³/mol. The van der Waals surface area contributed by atoms with E-state index in [2.05, 4.69) is 9.82 Å². The average molecular weight is 401 g/mol. The average Bonchev–Trinajstić information content (AvgIpc) is 3.07. The SMILES string of the molecule is COc1ccc(-n2nc(N)cc2-c2ccc(CCCNS(C)(=O)=O)cc2)cc1. The Morgan fingerprint density at radius 1 is 1.11 bits per heavy atom. The number of rotatable bonds is 8. The lowest BCUT2D eigenvalue weighted by atomic mass is 10.1. The van der Waals surface area contributed by atoms with Gasteiger partial charge in [-0.25, -0.2) is 17.8 Å². The Kier molecular flexibility index (Phi) is 6.01. The van der Waals surface area contributed by atoms with Crippen molar-refractivity contribution in [2.45, 2.75) is 12.8 Å². The summed E-state index contributed by atoms with van der Waals surface area (Å²) in [5.41, 5.74) is 9.87. The van der Waals surface area contributed by atoms with Crippen molar-refractivity contribution < 1.29 is 13.2 Å². The summed E-state index contributed by atoms with van der Waals surface area (Å²) in [4.78, 5) is 0. The number of hydrogen-bond acceptors (Lipinski definition) is 5. The number of hydrogen-bond donors (Lipinski definition) is 2. The molecule has 1 heterocycles. The van der Waals surface area contributed by atoms with E-state index >= 15 is 0 Å². The molecule has 0 aliphatic carbocycles. The first kappa shape index (κ1) is 19.9. The molecule has 0 saturated heterocycles. The molecule has 0 spiro atoms. The highest BCUT2D eigenvalue weighted by molar-refractivity contribution is 7.88. The first-order chi connectivity index (χ1) is 13.4. The zero-order valence-corrected chi connectivity index (χ0v) is 16.7. The Hall–Kier alpha value is -2.84. The van der Waals surface area contributed by atoms with Gasteiger partial charge in [-0.2, -0.15) is 5.10 Å². The molecule has 1 aromatic heterocycles. The molecule has 3 aromatic rings. The number of nitrogen functional groups attached to an aromatic ring is 1. The van der Waals surface area contributed by atoms with Gasteiger partial charge in [0.2, 0.25) is 10.0 Å². The first-order valence-electron chi connectivity index (χ1n) is 8.89. The number of benzene rings is 2. The fraction of sp³-hybridized carbons (Fsp3) is 0.250. The predicted octanol–water partition coefficient (Wildman–Crippen LogP) is 2.61. The highest BCUT2D eigenvalue weighted by Gasteiger charge is 2.11. The molecule has 3 rings (SSSR count). The summed E-state index contributed by atoms with van der Waals surface area (Å²) in [5.74, 6) is 1.22. The molecule has 0 amide bonds. The van der Waals surface area contributed by atoms with Crippen LogP contribution in [0.25, 0.3) is 16.9 Å². The van der Waals surface area contributed by atoms with Crippen LogP contribution in [0.5, 0.6) is 5.75 Å². The monoisotopic (exact) mass is 400 g/mol. The number of anilines is 1. The summed E-state index contributed by atoms with van der Waals surface area (Å²) >= 11 is 0. The van der Waals surface area contributed by atoms with Gasteiger partial charge in [-0.3, -0.25) is 0 Å². The Morgan fingerprint density at radius 2 is 1.79 bits per heavy atom. The minimum atomic E-state index is -3.13. The maximum absolute atomic E-state index is 11.1. The van der Waals surface area contributed by atoms with E-state index in [0.29, 0.717) is 12.4 Å². The second-order valence-corrected chi connectivity index (χ2v) is 8.36. The summed E-state index contributed by atoms with van der Waals surface area (Å²) in [5, 5.41) is 4.41. The molecule has 0 saturated carbocycles. The van der Waals surface area contributed by atoms with E-state index in [4.69, 9.17) is 10.5 Å². The molecule has 0 radical (unpaired) electrons. The van der Waals surface area contributed by atoms with Gasteiger partial charge in [0, 0.05) is 18.2 Å². The van der Waals surface area contributed by atoms with E-state index in [-0.39, 0.29) is 0 Å². The molecule has 148 valence electrons. The van der Waals surface area contributed by atoms with Crippen LogP contribution >= 0.6 is 0 Å². The lowest BCUT2D eigenvalue weighted by Crippen LogP contribution is -2.23. The van der Waals surface area contributed by atoms with Gasteiger partial charge in [-0.1, -0.05) is 24.3 Å². The number of ether oxygens (including phenoxy) is 1. The smallest absolute Gasteiger partial charge is 0.208 e. The number of methoxy groups -OCH3 is 1. The van der Waals surface area contributed by atoms with Crippen LogP contribution < -0.4 is 15.2 Å². The molecule has 0 fully saturated rings. The number of aryl methyl sites for hydroxylation is 1. The normalized spacial score (nSPS) is 11.5. The molecule has 0 aliphatic rings. The summed E-state index contributed by atoms with van der Waals surface area (Å²) in [7, 11) is -1.50. The van der Waals surface area contributed by atoms with E-state index < -0.39 is 10.0 Å². The summed E-state index contributed by atoms with van der Waals surface area (Å²) in [6.07, 6.45) is 2.70. The molecular weight excluding hydrogens is 376 g/mol. The van der Waals surface area contributed by atoms with Crippen molar-refractivity contribution in [3.8, 4) is 22.7 Å². The van der Waals surface area contributed by atoms with Crippen molar-refractivity contribution in [2.75, 3.05) is 25.6 Å². The second kappa shape index (κ2) is 8.45. The zero-order valence-electron chi connectivity index (χ0n) is 15.9. The maximum atomic E-state index is 11.1. The number of nitrogens with one attached hydrogen (secondary N) is 1. The molecule has 0 bridgehead atoms. The Labute approximate surface area is 165 Å². The molecule has 0 atom stereocenters. The van der Waals surface area contributed by atoms with Gasteiger partial charge >= 0.3 is 0 Å². The van der Waals surface area contributed by atoms with Crippen LogP contribution in [0.15, 0.2) is 54.6 Å². The fourth-order valence-corrected chi connectivity index (χ4v) is 3.43. The van der Waals surface area contributed by atoms with Gasteiger partial charge in [-0.15, -0.1) is 0 Å². The zero-order chi connectivity index (χ0) is 20.1. The second-order valence-electron chi connectivity index (χ2n) is 6.53. The van der Waals surface area contributed by atoms with Crippen LogP contribution in [0.2, 0.25) is 0 Å². The highest BCUT2D eigenvalue weighted by Crippen LogP contribution is 2.26. The molecule has 0 unspecified atom stereocenters. The van der Waals surface area contributed by atoms with E-state index in [9.17, 15) is 8.42 Å². The van der Waals surface area contributed by atoms with Gasteiger partial charge in [0.05, 0.1) is 24.7 Å². The van der Waals surface area contributed by atoms with Gasteiger partial charge in [0.25, 0.3) is 0 Å². The third-order valence-electron chi connectivity index (χ3n) is 4.30. The third-order valence-corrected chi connectivity index (χ3v) is 5.03. The van der Waals surface area contributed by atoms with Crippen molar-refractivity contribution in [1.82, 2.24) is 14.5 Å². The van der Waals surface area contributed by atoms with Crippen LogP contribution in [0, 0.1) is 0 Å². The summed E-state index contributed by atoms with van der Waals surface area (Å²) in [6, 6.07) is 17.6. The standard InChI is InChI=1S/C20H24N4O3S/c1-27-18-11-9-17(10-12-18)24-19(14-20(21)23-24)16-7-5-15(6-8-16)4-3-13-22-28(2,25)26/h5-12,14,22H,3-4,13H2,1-2H3,(H2,21,23). The number of nitrogens with zero attached hydrogens (tertiary/aromatic N) is 2. The van der Waals surface area contributed by atoms with Gasteiger partial charge in [0.1, 0.15) is 11.6 Å². The van der Waals surface area contributed by atoms with Crippen LogP contribution in [-0.4, -0.2) is 38.1 Å². The quantitative estimate of drug-likeness (QED) is 0.566. The van der Waals surface area contributed by atoms with E-state index in [1.807, 2.05) is 54.6 Å². The number of sulfonamides is 1. The van der Waals surface area contributed by atoms with E-state index in [1.165, 1.54) is 6.26 Å². The van der Waals surface area contributed by atoms with Crippen LogP contribution in [0.4, 0.5) is 5.82 Å². The van der Waals surface area contributed by atoms with Crippen molar-refractivity contribution in [3.63, 3.8) is 0 Å². The molecule has 2 aromatic carbocycles. The molecule has 0 aliphatic heterocycles. The molecular formula is C20H24N4O3S. The Morgan fingerprint density at radius 3 is 2.39 bits per heavy atom. The lowest BCUT2D eigenvalue weighted by Gasteiger charge is -2.09. The minimum absolute atomic E-state index is 0.432. The minimum Gasteiger partial charge on any atom is -0.497 e. The van der Waals surface area contributed by atoms with Crippen molar-refractivity contribution in [1.29, 1.82) is 0 Å². The molecule has 8 heteroatoms. The molecule has 3 N–H and O–H groups in total. The Bertz CT molecular complexity index is 1030. The number of nitrogens with two attached hydrogens (primary N) is 1. The van der Waals surface area contributed by atoms with Crippen molar-refractivity contribution in [2.24, 2.45) is 0 Å². The largest absolute Gasteiger partial charge is 0.497 e. The molecule has 28 heavy (non-hydrogen) atoms. The van der Waals surface area contributed by atoms with Crippen LogP contribution in [0.3, 0.4) is 0 Å². The van der Waals surface area contributed by atoms with Crippen molar-refractivity contribution in [3.05, 3.63) is 60.2 Å². The Balaban J connectivity index is 1.75. The lowest BCUT2D eigenvalue weighted by molar-refractivity contribution is 0.414. The highest BCUT2D eigenvalue weighted by atomic mass is 32.2. The topological polar surface area (TPSA) is 99.2 Å².